The fraction of sp³-hybridized carbons (Fsp3) is 0.133. The Hall–Kier alpha value is -2.20. The number of halogens is 1. The summed E-state index contributed by atoms with van der Waals surface area (Å²) in [5.74, 6) is 0.929. The lowest BCUT2D eigenvalue weighted by Crippen LogP contribution is -2.12. The lowest BCUT2D eigenvalue weighted by atomic mass is 10.2. The molecule has 2 aromatic carbocycles. The van der Waals surface area contributed by atoms with Gasteiger partial charge < -0.3 is 14.8 Å². The van der Waals surface area contributed by atoms with Crippen LogP contribution in [0.1, 0.15) is 10.4 Å². The maximum atomic E-state index is 12.1. The lowest BCUT2D eigenvalue weighted by Gasteiger charge is -2.11. The van der Waals surface area contributed by atoms with Gasteiger partial charge in [-0.1, -0.05) is 17.7 Å². The molecule has 20 heavy (non-hydrogen) atoms. The zero-order chi connectivity index (χ0) is 14.5. The van der Waals surface area contributed by atoms with Crippen LogP contribution < -0.4 is 14.8 Å². The van der Waals surface area contributed by atoms with Gasteiger partial charge in [-0.15, -0.1) is 0 Å². The van der Waals surface area contributed by atoms with Crippen molar-refractivity contribution in [3.8, 4) is 11.5 Å². The third-order valence-electron chi connectivity index (χ3n) is 2.74. The topological polar surface area (TPSA) is 47.6 Å². The van der Waals surface area contributed by atoms with Crippen molar-refractivity contribution in [2.45, 2.75) is 0 Å². The monoisotopic (exact) mass is 291 g/mol. The SMILES string of the molecule is COc1ccc(NC(=O)c2cccc(Cl)c2)c(OC)c1. The standard InChI is InChI=1S/C15H14ClNO3/c1-19-12-6-7-13(14(9-12)20-2)17-15(18)10-4-3-5-11(16)8-10/h3-9H,1-2H3,(H,17,18). The number of hydrogen-bond acceptors (Lipinski definition) is 3. The predicted molar refractivity (Wildman–Crippen MR) is 79.0 cm³/mol. The minimum Gasteiger partial charge on any atom is -0.497 e. The van der Waals surface area contributed by atoms with Crippen LogP contribution in [0.3, 0.4) is 0 Å². The number of anilines is 1. The number of methoxy groups -OCH3 is 2. The molecule has 0 aliphatic carbocycles. The summed E-state index contributed by atoms with van der Waals surface area (Å²) in [4.78, 5) is 12.1. The molecule has 0 unspecified atom stereocenters. The van der Waals surface area contributed by atoms with Crippen LogP contribution in [0.15, 0.2) is 42.5 Å². The molecule has 0 aliphatic rings. The Labute approximate surface area is 122 Å². The van der Waals surface area contributed by atoms with Gasteiger partial charge >= 0.3 is 0 Å². The molecule has 1 N–H and O–H groups in total. The molecule has 0 aromatic heterocycles. The van der Waals surface area contributed by atoms with Crippen LogP contribution in [0.25, 0.3) is 0 Å². The molecule has 0 heterocycles. The highest BCUT2D eigenvalue weighted by molar-refractivity contribution is 6.31. The van der Waals surface area contributed by atoms with Crippen LogP contribution in [0.5, 0.6) is 11.5 Å². The van der Waals surface area contributed by atoms with E-state index in [1.807, 2.05) is 0 Å². The lowest BCUT2D eigenvalue weighted by molar-refractivity contribution is 0.102. The smallest absolute Gasteiger partial charge is 0.255 e. The van der Waals surface area contributed by atoms with E-state index >= 15 is 0 Å². The Morgan fingerprint density at radius 1 is 1.10 bits per heavy atom. The maximum absolute atomic E-state index is 12.1. The number of hydrogen-bond donors (Lipinski definition) is 1. The second kappa shape index (κ2) is 6.30. The van der Waals surface area contributed by atoms with E-state index in [1.165, 1.54) is 7.11 Å². The first-order valence-electron chi connectivity index (χ1n) is 5.93. The second-order valence-corrected chi connectivity index (χ2v) is 4.47. The van der Waals surface area contributed by atoms with Crippen LogP contribution in [0.4, 0.5) is 5.69 Å². The third-order valence-corrected chi connectivity index (χ3v) is 2.98. The highest BCUT2D eigenvalue weighted by atomic mass is 35.5. The number of carbonyl (C=O) groups excluding carboxylic acids is 1. The fourth-order valence-corrected chi connectivity index (χ4v) is 1.92. The molecule has 0 saturated carbocycles. The fourth-order valence-electron chi connectivity index (χ4n) is 1.73. The summed E-state index contributed by atoms with van der Waals surface area (Å²) in [6.07, 6.45) is 0. The van der Waals surface area contributed by atoms with Gasteiger partial charge in [0.2, 0.25) is 0 Å². The van der Waals surface area contributed by atoms with Crippen LogP contribution in [0, 0.1) is 0 Å². The Balaban J connectivity index is 2.23. The number of nitrogens with one attached hydrogen (secondary N) is 1. The Morgan fingerprint density at radius 3 is 2.55 bits per heavy atom. The summed E-state index contributed by atoms with van der Waals surface area (Å²) >= 11 is 5.87. The first-order valence-corrected chi connectivity index (χ1v) is 6.31. The van der Waals surface area contributed by atoms with Crippen molar-refractivity contribution in [2.75, 3.05) is 19.5 Å². The molecule has 0 radical (unpaired) electrons. The van der Waals surface area contributed by atoms with Crippen LogP contribution in [-0.2, 0) is 0 Å². The predicted octanol–water partition coefficient (Wildman–Crippen LogP) is 3.61. The first-order chi connectivity index (χ1) is 9.63. The molecule has 0 atom stereocenters. The summed E-state index contributed by atoms with van der Waals surface area (Å²) in [6.45, 7) is 0. The van der Waals surface area contributed by atoms with E-state index in [4.69, 9.17) is 21.1 Å². The number of rotatable bonds is 4. The zero-order valence-corrected chi connectivity index (χ0v) is 11.9. The van der Waals surface area contributed by atoms with E-state index < -0.39 is 0 Å². The van der Waals surface area contributed by atoms with E-state index in [0.717, 1.165) is 0 Å². The van der Waals surface area contributed by atoms with Crippen molar-refractivity contribution in [3.05, 3.63) is 53.1 Å². The van der Waals surface area contributed by atoms with Crippen molar-refractivity contribution >= 4 is 23.2 Å². The summed E-state index contributed by atoms with van der Waals surface area (Å²) in [5, 5.41) is 3.29. The van der Waals surface area contributed by atoms with Gasteiger partial charge in [0.1, 0.15) is 11.5 Å². The van der Waals surface area contributed by atoms with Crippen LogP contribution >= 0.6 is 11.6 Å². The summed E-state index contributed by atoms with van der Waals surface area (Å²) < 4.78 is 10.3. The van der Waals surface area contributed by atoms with E-state index in [9.17, 15) is 4.79 Å². The van der Waals surface area contributed by atoms with E-state index in [-0.39, 0.29) is 5.91 Å². The third kappa shape index (κ3) is 3.22. The number of carbonyl (C=O) groups is 1. The molecular formula is C15H14ClNO3. The maximum Gasteiger partial charge on any atom is 0.255 e. The second-order valence-electron chi connectivity index (χ2n) is 4.03. The highest BCUT2D eigenvalue weighted by Crippen LogP contribution is 2.29. The highest BCUT2D eigenvalue weighted by Gasteiger charge is 2.11. The van der Waals surface area contributed by atoms with Crippen molar-refractivity contribution in [1.82, 2.24) is 0 Å². The van der Waals surface area contributed by atoms with Crippen LogP contribution in [0.2, 0.25) is 5.02 Å². The van der Waals surface area contributed by atoms with Crippen LogP contribution in [-0.4, -0.2) is 20.1 Å². The van der Waals surface area contributed by atoms with Crippen molar-refractivity contribution < 1.29 is 14.3 Å². The minimum absolute atomic E-state index is 0.254. The normalized spacial score (nSPS) is 9.95. The van der Waals surface area contributed by atoms with Gasteiger partial charge in [0, 0.05) is 16.7 Å². The molecule has 0 spiro atoms. The van der Waals surface area contributed by atoms with Gasteiger partial charge in [0.25, 0.3) is 5.91 Å². The molecule has 0 bridgehead atoms. The number of benzene rings is 2. The number of amides is 1. The van der Waals surface area contributed by atoms with Gasteiger partial charge in [-0.2, -0.15) is 0 Å². The largest absolute Gasteiger partial charge is 0.497 e. The quantitative estimate of drug-likeness (QED) is 0.936. The van der Waals surface area contributed by atoms with E-state index in [0.29, 0.717) is 27.8 Å². The Kier molecular flexibility index (Phi) is 4.48. The molecule has 4 nitrogen and oxygen atoms in total. The zero-order valence-electron chi connectivity index (χ0n) is 11.1. The number of ether oxygens (including phenoxy) is 2. The summed E-state index contributed by atoms with van der Waals surface area (Å²) in [7, 11) is 3.10. The van der Waals surface area contributed by atoms with Gasteiger partial charge in [0.05, 0.1) is 19.9 Å². The Morgan fingerprint density at radius 2 is 1.90 bits per heavy atom. The molecular weight excluding hydrogens is 278 g/mol. The average Bonchev–Trinajstić information content (AvgIpc) is 2.47. The summed E-state index contributed by atoms with van der Waals surface area (Å²) in [5.41, 5.74) is 1.05. The van der Waals surface area contributed by atoms with Gasteiger partial charge in [0.15, 0.2) is 0 Å². The van der Waals surface area contributed by atoms with Crippen molar-refractivity contribution in [2.24, 2.45) is 0 Å². The molecule has 5 heteroatoms. The molecule has 0 fully saturated rings. The van der Waals surface area contributed by atoms with E-state index in [2.05, 4.69) is 5.32 Å². The summed E-state index contributed by atoms with van der Waals surface area (Å²) in [6, 6.07) is 11.9. The van der Waals surface area contributed by atoms with E-state index in [1.54, 1.807) is 49.6 Å². The van der Waals surface area contributed by atoms with Gasteiger partial charge in [-0.3, -0.25) is 4.79 Å². The molecule has 2 rings (SSSR count). The molecule has 0 saturated heterocycles. The molecule has 1 amide bonds. The van der Waals surface area contributed by atoms with Crippen molar-refractivity contribution in [1.29, 1.82) is 0 Å². The molecule has 2 aromatic rings. The van der Waals surface area contributed by atoms with Gasteiger partial charge in [-0.25, -0.2) is 0 Å². The molecule has 104 valence electrons. The minimum atomic E-state index is -0.254. The van der Waals surface area contributed by atoms with Crippen molar-refractivity contribution in [3.63, 3.8) is 0 Å². The molecule has 0 aliphatic heterocycles. The van der Waals surface area contributed by atoms with Gasteiger partial charge in [-0.05, 0) is 30.3 Å². The Bertz CT molecular complexity index is 628. The average molecular weight is 292 g/mol. The first kappa shape index (κ1) is 14.2.